The minimum absolute atomic E-state index is 0.131. The molecule has 0 radical (unpaired) electrons. The van der Waals surface area contributed by atoms with E-state index in [-0.39, 0.29) is 30.4 Å². The standard InChI is InChI=1S/C23H26N4O3S/c28-21-19-14-26(23(30)24-16-5-2-1-3-6-16)10-11-27(19)22(29)17-13-15(8-9-18(17)25-21)20-7-4-12-31-20/h4,7-9,12-13,16,19H,1-3,5-6,10-11,14H2,(H,24,30)(H,25,28)/t19-/m1/s1. The molecule has 1 aromatic heterocycles. The van der Waals surface area contributed by atoms with Crippen LogP contribution in [0.4, 0.5) is 10.5 Å². The molecule has 2 fully saturated rings. The number of nitrogens with zero attached hydrogens (tertiary/aromatic N) is 2. The molecule has 1 atom stereocenters. The molecule has 8 heteroatoms. The van der Waals surface area contributed by atoms with E-state index in [0.717, 1.165) is 36.1 Å². The lowest BCUT2D eigenvalue weighted by Gasteiger charge is -2.40. The van der Waals surface area contributed by atoms with Crippen molar-refractivity contribution in [2.45, 2.75) is 44.2 Å². The van der Waals surface area contributed by atoms with Gasteiger partial charge >= 0.3 is 6.03 Å². The van der Waals surface area contributed by atoms with Gasteiger partial charge in [-0.25, -0.2) is 4.79 Å². The van der Waals surface area contributed by atoms with Crippen LogP contribution in [0.5, 0.6) is 0 Å². The molecular formula is C23H26N4O3S. The molecule has 1 aromatic carbocycles. The molecule has 7 nitrogen and oxygen atoms in total. The number of nitrogens with one attached hydrogen (secondary N) is 2. The molecule has 1 saturated heterocycles. The summed E-state index contributed by atoms with van der Waals surface area (Å²) in [6, 6.07) is 8.96. The molecule has 0 bridgehead atoms. The Morgan fingerprint density at radius 2 is 1.94 bits per heavy atom. The third-order valence-electron chi connectivity index (χ3n) is 6.48. The van der Waals surface area contributed by atoms with Crippen molar-refractivity contribution in [2.75, 3.05) is 25.0 Å². The van der Waals surface area contributed by atoms with Gasteiger partial charge in [-0.3, -0.25) is 9.59 Å². The normalized spacial score (nSPS) is 21.7. The highest BCUT2D eigenvalue weighted by Crippen LogP contribution is 2.32. The van der Waals surface area contributed by atoms with Gasteiger partial charge in [-0.05, 0) is 42.0 Å². The van der Waals surface area contributed by atoms with Crippen LogP contribution < -0.4 is 10.6 Å². The van der Waals surface area contributed by atoms with Crippen LogP contribution in [0.2, 0.25) is 0 Å². The summed E-state index contributed by atoms with van der Waals surface area (Å²) in [5.74, 6) is -0.407. The minimum atomic E-state index is -0.684. The van der Waals surface area contributed by atoms with Crippen molar-refractivity contribution >= 4 is 34.9 Å². The molecule has 1 saturated carbocycles. The first kappa shape index (κ1) is 20.1. The highest BCUT2D eigenvalue weighted by atomic mass is 32.1. The number of anilines is 1. The monoisotopic (exact) mass is 438 g/mol. The lowest BCUT2D eigenvalue weighted by Crippen LogP contribution is -2.61. The number of thiophene rings is 1. The SMILES string of the molecule is O=C1Nc2ccc(-c3cccs3)cc2C(=O)N2CCN(C(=O)NC3CCCCC3)C[C@H]12. The Bertz CT molecular complexity index is 1000. The summed E-state index contributed by atoms with van der Waals surface area (Å²) >= 11 is 1.61. The van der Waals surface area contributed by atoms with Crippen molar-refractivity contribution in [2.24, 2.45) is 0 Å². The van der Waals surface area contributed by atoms with E-state index in [4.69, 9.17) is 0 Å². The van der Waals surface area contributed by atoms with Gasteiger partial charge in [-0.15, -0.1) is 11.3 Å². The molecule has 2 aromatic rings. The lowest BCUT2D eigenvalue weighted by molar-refractivity contribution is -0.121. The van der Waals surface area contributed by atoms with Crippen molar-refractivity contribution in [3.63, 3.8) is 0 Å². The summed E-state index contributed by atoms with van der Waals surface area (Å²) in [6.45, 7) is 0.980. The van der Waals surface area contributed by atoms with E-state index in [1.807, 2.05) is 29.6 Å². The van der Waals surface area contributed by atoms with Crippen molar-refractivity contribution in [3.8, 4) is 10.4 Å². The van der Waals surface area contributed by atoms with E-state index in [1.165, 1.54) is 6.42 Å². The Morgan fingerprint density at radius 1 is 1.10 bits per heavy atom. The number of hydrogen-bond acceptors (Lipinski definition) is 4. The minimum Gasteiger partial charge on any atom is -0.335 e. The summed E-state index contributed by atoms with van der Waals surface area (Å²) < 4.78 is 0. The third-order valence-corrected chi connectivity index (χ3v) is 7.40. The maximum Gasteiger partial charge on any atom is 0.317 e. The molecule has 162 valence electrons. The summed E-state index contributed by atoms with van der Waals surface area (Å²) in [5.41, 5.74) is 1.99. The van der Waals surface area contributed by atoms with Gasteiger partial charge in [0.1, 0.15) is 6.04 Å². The number of carbonyl (C=O) groups is 3. The molecule has 0 spiro atoms. The van der Waals surface area contributed by atoms with Crippen molar-refractivity contribution in [3.05, 3.63) is 41.3 Å². The fraction of sp³-hybridized carbons (Fsp3) is 0.435. The maximum atomic E-state index is 13.3. The number of amides is 4. The van der Waals surface area contributed by atoms with Crippen LogP contribution >= 0.6 is 11.3 Å². The van der Waals surface area contributed by atoms with Crippen molar-refractivity contribution < 1.29 is 14.4 Å². The third kappa shape index (κ3) is 3.92. The summed E-state index contributed by atoms with van der Waals surface area (Å²) in [4.78, 5) is 43.5. The van der Waals surface area contributed by atoms with Crippen molar-refractivity contribution in [1.82, 2.24) is 15.1 Å². The fourth-order valence-electron chi connectivity index (χ4n) is 4.74. The first-order valence-electron chi connectivity index (χ1n) is 11.0. The van der Waals surface area contributed by atoms with Gasteiger partial charge in [0.15, 0.2) is 0 Å². The number of urea groups is 1. The van der Waals surface area contributed by atoms with Crippen LogP contribution in [0, 0.1) is 0 Å². The van der Waals surface area contributed by atoms with E-state index in [0.29, 0.717) is 24.3 Å². The predicted octanol–water partition coefficient (Wildman–Crippen LogP) is 3.54. The van der Waals surface area contributed by atoms with Crippen molar-refractivity contribution in [1.29, 1.82) is 0 Å². The zero-order valence-corrected chi connectivity index (χ0v) is 18.1. The largest absolute Gasteiger partial charge is 0.335 e. The second kappa shape index (κ2) is 8.34. The van der Waals surface area contributed by atoms with Gasteiger partial charge in [-0.2, -0.15) is 0 Å². The van der Waals surface area contributed by atoms with E-state index in [2.05, 4.69) is 10.6 Å². The first-order valence-corrected chi connectivity index (χ1v) is 11.8. The lowest BCUT2D eigenvalue weighted by atomic mass is 9.96. The summed E-state index contributed by atoms with van der Waals surface area (Å²) in [5, 5.41) is 8.03. The number of piperazine rings is 1. The van der Waals surface area contributed by atoms with Crippen LogP contribution in [0.25, 0.3) is 10.4 Å². The van der Waals surface area contributed by atoms with Crippen LogP contribution in [0.15, 0.2) is 35.7 Å². The number of benzene rings is 1. The quantitative estimate of drug-likeness (QED) is 0.753. The number of fused-ring (bicyclic) bond motifs is 2. The molecule has 3 aliphatic rings. The van der Waals surface area contributed by atoms with E-state index in [1.54, 1.807) is 27.2 Å². The highest BCUT2D eigenvalue weighted by molar-refractivity contribution is 7.13. The van der Waals surface area contributed by atoms with Gasteiger partial charge in [0, 0.05) is 24.0 Å². The topological polar surface area (TPSA) is 81.8 Å². The van der Waals surface area contributed by atoms with E-state index >= 15 is 0 Å². The Labute approximate surface area is 185 Å². The first-order chi connectivity index (χ1) is 15.1. The molecule has 31 heavy (non-hydrogen) atoms. The van der Waals surface area contributed by atoms with Gasteiger partial charge < -0.3 is 20.4 Å². The van der Waals surface area contributed by atoms with Gasteiger partial charge in [-0.1, -0.05) is 31.4 Å². The average Bonchev–Trinajstić information content (AvgIpc) is 3.31. The van der Waals surface area contributed by atoms with E-state index < -0.39 is 6.04 Å². The molecule has 2 aliphatic heterocycles. The number of rotatable bonds is 2. The Kier molecular flexibility index (Phi) is 5.40. The summed E-state index contributed by atoms with van der Waals surface area (Å²) in [6.07, 6.45) is 5.53. The molecule has 3 heterocycles. The molecular weight excluding hydrogens is 412 g/mol. The summed E-state index contributed by atoms with van der Waals surface area (Å²) in [7, 11) is 0. The Balaban J connectivity index is 1.34. The van der Waals surface area contributed by atoms with Crippen LogP contribution in [0.1, 0.15) is 42.5 Å². The molecule has 2 N–H and O–H groups in total. The predicted molar refractivity (Wildman–Crippen MR) is 120 cm³/mol. The Morgan fingerprint density at radius 3 is 2.71 bits per heavy atom. The smallest absolute Gasteiger partial charge is 0.317 e. The number of hydrogen-bond donors (Lipinski definition) is 2. The molecule has 4 amide bonds. The van der Waals surface area contributed by atoms with Crippen LogP contribution in [0.3, 0.4) is 0 Å². The second-order valence-corrected chi connectivity index (χ2v) is 9.42. The highest BCUT2D eigenvalue weighted by Gasteiger charge is 2.40. The van der Waals surface area contributed by atoms with Crippen LogP contribution in [-0.2, 0) is 4.79 Å². The van der Waals surface area contributed by atoms with Crippen LogP contribution in [-0.4, -0.2) is 59.4 Å². The Hall–Kier alpha value is -2.87. The van der Waals surface area contributed by atoms with E-state index in [9.17, 15) is 14.4 Å². The second-order valence-electron chi connectivity index (χ2n) is 8.47. The maximum absolute atomic E-state index is 13.3. The molecule has 5 rings (SSSR count). The number of carbonyl (C=O) groups excluding carboxylic acids is 3. The molecule has 1 aliphatic carbocycles. The van der Waals surface area contributed by atoms with Gasteiger partial charge in [0.25, 0.3) is 5.91 Å². The van der Waals surface area contributed by atoms with Gasteiger partial charge in [0.2, 0.25) is 5.91 Å². The zero-order chi connectivity index (χ0) is 21.4. The van der Waals surface area contributed by atoms with Gasteiger partial charge in [0.05, 0.1) is 17.8 Å². The fourth-order valence-corrected chi connectivity index (χ4v) is 5.47. The average molecular weight is 439 g/mol. The molecule has 0 unspecified atom stereocenters. The zero-order valence-electron chi connectivity index (χ0n) is 17.3.